The standard InChI is InChI=1S/C12H15ClN2O2S/c1-7(2)15-11(9(17-3)5-14-15)12(16)10-4-8(13)6-18-10/h4-7,12,16H,1-3H3. The van der Waals surface area contributed by atoms with E-state index < -0.39 is 6.10 Å². The molecule has 0 fully saturated rings. The molecule has 2 heterocycles. The first kappa shape index (κ1) is 13.4. The fourth-order valence-corrected chi connectivity index (χ4v) is 2.86. The first-order valence-electron chi connectivity index (χ1n) is 5.58. The first-order valence-corrected chi connectivity index (χ1v) is 6.83. The first-order chi connectivity index (χ1) is 8.54. The normalized spacial score (nSPS) is 13.0. The predicted octanol–water partition coefficient (Wildman–Crippen LogP) is 3.27. The second-order valence-corrected chi connectivity index (χ2v) is 5.59. The number of aliphatic hydroxyl groups excluding tert-OH is 1. The maximum atomic E-state index is 10.4. The molecule has 4 nitrogen and oxygen atoms in total. The van der Waals surface area contributed by atoms with Crippen LogP contribution in [0, 0.1) is 0 Å². The third-order valence-electron chi connectivity index (χ3n) is 2.62. The van der Waals surface area contributed by atoms with Crippen LogP contribution in [0.3, 0.4) is 0 Å². The Kier molecular flexibility index (Phi) is 3.94. The number of ether oxygens (including phenoxy) is 1. The summed E-state index contributed by atoms with van der Waals surface area (Å²) in [6.45, 7) is 4.01. The van der Waals surface area contributed by atoms with Gasteiger partial charge in [-0.05, 0) is 19.9 Å². The van der Waals surface area contributed by atoms with E-state index in [1.165, 1.54) is 11.3 Å². The third kappa shape index (κ3) is 2.39. The van der Waals surface area contributed by atoms with Crippen molar-refractivity contribution in [2.75, 3.05) is 7.11 Å². The lowest BCUT2D eigenvalue weighted by atomic mass is 10.2. The van der Waals surface area contributed by atoms with Gasteiger partial charge in [0, 0.05) is 16.3 Å². The van der Waals surface area contributed by atoms with Crippen LogP contribution in [0.2, 0.25) is 5.02 Å². The van der Waals surface area contributed by atoms with Crippen molar-refractivity contribution in [2.45, 2.75) is 26.0 Å². The van der Waals surface area contributed by atoms with Gasteiger partial charge in [0.1, 0.15) is 11.8 Å². The van der Waals surface area contributed by atoms with Crippen molar-refractivity contribution in [2.24, 2.45) is 0 Å². The number of nitrogens with zero attached hydrogens (tertiary/aromatic N) is 2. The Balaban J connectivity index is 2.45. The molecule has 0 bridgehead atoms. The number of halogens is 1. The van der Waals surface area contributed by atoms with Crippen LogP contribution in [0.5, 0.6) is 5.75 Å². The molecule has 0 aliphatic rings. The van der Waals surface area contributed by atoms with Crippen molar-refractivity contribution in [3.8, 4) is 5.75 Å². The van der Waals surface area contributed by atoms with Gasteiger partial charge in [-0.1, -0.05) is 11.6 Å². The van der Waals surface area contributed by atoms with Gasteiger partial charge in [0.15, 0.2) is 5.75 Å². The second kappa shape index (κ2) is 5.30. The van der Waals surface area contributed by atoms with E-state index in [1.807, 2.05) is 13.8 Å². The molecule has 6 heteroatoms. The lowest BCUT2D eigenvalue weighted by molar-refractivity contribution is 0.203. The van der Waals surface area contributed by atoms with E-state index in [-0.39, 0.29) is 6.04 Å². The Morgan fingerprint density at radius 1 is 1.50 bits per heavy atom. The molecule has 2 aromatic rings. The summed E-state index contributed by atoms with van der Waals surface area (Å²) in [4.78, 5) is 0.778. The second-order valence-electron chi connectivity index (χ2n) is 4.21. The van der Waals surface area contributed by atoms with Gasteiger partial charge >= 0.3 is 0 Å². The summed E-state index contributed by atoms with van der Waals surface area (Å²) in [6.07, 6.45) is 0.843. The average molecular weight is 287 g/mol. The molecule has 0 radical (unpaired) electrons. The van der Waals surface area contributed by atoms with Crippen LogP contribution in [0.1, 0.15) is 36.6 Å². The van der Waals surface area contributed by atoms with Gasteiger partial charge in [-0.25, -0.2) is 0 Å². The van der Waals surface area contributed by atoms with Crippen LogP contribution in [0.4, 0.5) is 0 Å². The highest BCUT2D eigenvalue weighted by molar-refractivity contribution is 7.10. The molecule has 0 spiro atoms. The van der Waals surface area contributed by atoms with E-state index >= 15 is 0 Å². The summed E-state index contributed by atoms with van der Waals surface area (Å²) in [7, 11) is 1.57. The fourth-order valence-electron chi connectivity index (χ4n) is 1.79. The predicted molar refractivity (Wildman–Crippen MR) is 72.6 cm³/mol. The molecule has 0 saturated carbocycles. The number of hydrogen-bond donors (Lipinski definition) is 1. The van der Waals surface area contributed by atoms with Gasteiger partial charge in [0.05, 0.1) is 18.3 Å². The van der Waals surface area contributed by atoms with E-state index in [9.17, 15) is 5.11 Å². The largest absolute Gasteiger partial charge is 0.493 e. The van der Waals surface area contributed by atoms with Crippen molar-refractivity contribution in [3.05, 3.63) is 33.2 Å². The minimum Gasteiger partial charge on any atom is -0.493 e. The minimum absolute atomic E-state index is 0.147. The van der Waals surface area contributed by atoms with E-state index in [0.29, 0.717) is 16.5 Å². The van der Waals surface area contributed by atoms with Crippen molar-refractivity contribution < 1.29 is 9.84 Å². The highest BCUT2D eigenvalue weighted by Crippen LogP contribution is 2.35. The molecule has 1 atom stereocenters. The third-order valence-corrected chi connectivity index (χ3v) is 3.96. The minimum atomic E-state index is -0.776. The lowest BCUT2D eigenvalue weighted by Gasteiger charge is -2.16. The molecule has 0 aliphatic heterocycles. The van der Waals surface area contributed by atoms with Gasteiger partial charge in [0.25, 0.3) is 0 Å². The molecule has 0 aromatic carbocycles. The molecular weight excluding hydrogens is 272 g/mol. The maximum Gasteiger partial charge on any atom is 0.163 e. The molecule has 1 unspecified atom stereocenters. The number of methoxy groups -OCH3 is 1. The van der Waals surface area contributed by atoms with E-state index in [2.05, 4.69) is 5.10 Å². The van der Waals surface area contributed by atoms with Crippen molar-refractivity contribution >= 4 is 22.9 Å². The smallest absolute Gasteiger partial charge is 0.163 e. The topological polar surface area (TPSA) is 47.3 Å². The van der Waals surface area contributed by atoms with E-state index in [1.54, 1.807) is 29.4 Å². The highest BCUT2D eigenvalue weighted by atomic mass is 35.5. The van der Waals surface area contributed by atoms with Gasteiger partial charge < -0.3 is 9.84 Å². The molecule has 18 heavy (non-hydrogen) atoms. The average Bonchev–Trinajstić information content (AvgIpc) is 2.93. The Morgan fingerprint density at radius 2 is 2.22 bits per heavy atom. The lowest BCUT2D eigenvalue weighted by Crippen LogP contribution is -2.12. The van der Waals surface area contributed by atoms with Crippen LogP contribution in [-0.4, -0.2) is 22.0 Å². The van der Waals surface area contributed by atoms with Crippen molar-refractivity contribution in [3.63, 3.8) is 0 Å². The van der Waals surface area contributed by atoms with Gasteiger partial charge in [-0.2, -0.15) is 5.10 Å². The maximum absolute atomic E-state index is 10.4. The van der Waals surface area contributed by atoms with Crippen LogP contribution in [-0.2, 0) is 0 Å². The zero-order valence-electron chi connectivity index (χ0n) is 10.4. The van der Waals surface area contributed by atoms with Crippen molar-refractivity contribution in [1.29, 1.82) is 0 Å². The Morgan fingerprint density at radius 3 is 2.72 bits per heavy atom. The summed E-state index contributed by atoms with van der Waals surface area (Å²) in [6, 6.07) is 1.91. The summed E-state index contributed by atoms with van der Waals surface area (Å²) < 4.78 is 7.01. The van der Waals surface area contributed by atoms with E-state index in [0.717, 1.165) is 4.88 Å². The van der Waals surface area contributed by atoms with Gasteiger partial charge in [-0.3, -0.25) is 4.68 Å². The molecule has 0 aliphatic carbocycles. The van der Waals surface area contributed by atoms with Crippen LogP contribution in [0.25, 0.3) is 0 Å². The molecule has 0 amide bonds. The van der Waals surface area contributed by atoms with Crippen LogP contribution >= 0.6 is 22.9 Å². The SMILES string of the molecule is COc1cnn(C(C)C)c1C(O)c1cc(Cl)cs1. The monoisotopic (exact) mass is 286 g/mol. The molecule has 98 valence electrons. The van der Waals surface area contributed by atoms with Crippen LogP contribution in [0.15, 0.2) is 17.6 Å². The Bertz CT molecular complexity index is 536. The van der Waals surface area contributed by atoms with Gasteiger partial charge in [0.2, 0.25) is 0 Å². The summed E-state index contributed by atoms with van der Waals surface area (Å²) in [5, 5.41) is 17.1. The fraction of sp³-hybridized carbons (Fsp3) is 0.417. The number of aromatic nitrogens is 2. The summed E-state index contributed by atoms with van der Waals surface area (Å²) in [5.74, 6) is 0.584. The number of thiophene rings is 1. The quantitative estimate of drug-likeness (QED) is 0.938. The zero-order valence-corrected chi connectivity index (χ0v) is 12.0. The zero-order chi connectivity index (χ0) is 13.3. The van der Waals surface area contributed by atoms with Crippen molar-refractivity contribution in [1.82, 2.24) is 9.78 Å². The number of hydrogen-bond acceptors (Lipinski definition) is 4. The molecule has 2 rings (SSSR count). The molecule has 1 N–H and O–H groups in total. The van der Waals surface area contributed by atoms with E-state index in [4.69, 9.17) is 16.3 Å². The van der Waals surface area contributed by atoms with Crippen LogP contribution < -0.4 is 4.74 Å². The molecule has 0 saturated heterocycles. The highest BCUT2D eigenvalue weighted by Gasteiger charge is 2.24. The van der Waals surface area contributed by atoms with Gasteiger partial charge in [-0.15, -0.1) is 11.3 Å². The summed E-state index contributed by atoms with van der Waals surface area (Å²) >= 11 is 7.30. The Hall–Kier alpha value is -1.04. The molecular formula is C12H15ClN2O2S. The number of aliphatic hydroxyl groups is 1. The molecule has 2 aromatic heterocycles. The number of rotatable bonds is 4. The Labute approximate surface area is 115 Å². The summed E-state index contributed by atoms with van der Waals surface area (Å²) in [5.41, 5.74) is 0.658.